The fraction of sp³-hybridized carbons (Fsp3) is 0.333. The highest BCUT2D eigenvalue weighted by atomic mass is 32.2. The third-order valence-electron chi connectivity index (χ3n) is 5.11. The van der Waals surface area contributed by atoms with Crippen LogP contribution in [0.4, 0.5) is 0 Å². The molecule has 0 saturated heterocycles. The Morgan fingerprint density at radius 3 is 2.46 bits per heavy atom. The molecule has 1 aliphatic carbocycles. The summed E-state index contributed by atoms with van der Waals surface area (Å²) in [5.41, 5.74) is 3.57. The lowest BCUT2D eigenvalue weighted by atomic mass is 10.1. The van der Waals surface area contributed by atoms with Gasteiger partial charge in [-0.2, -0.15) is 5.10 Å². The van der Waals surface area contributed by atoms with Gasteiger partial charge < -0.3 is 0 Å². The molecule has 1 aliphatic rings. The van der Waals surface area contributed by atoms with Gasteiger partial charge in [-0.15, -0.1) is 0 Å². The second-order valence-electron chi connectivity index (χ2n) is 7.21. The van der Waals surface area contributed by atoms with Crippen molar-refractivity contribution >= 4 is 10.0 Å². The van der Waals surface area contributed by atoms with Gasteiger partial charge in [-0.25, -0.2) is 13.1 Å². The third kappa shape index (κ3) is 4.48. The lowest BCUT2D eigenvalue weighted by Gasteiger charge is -2.14. The molecule has 146 valence electrons. The van der Waals surface area contributed by atoms with Crippen molar-refractivity contribution in [3.63, 3.8) is 0 Å². The van der Waals surface area contributed by atoms with E-state index in [2.05, 4.69) is 14.4 Å². The predicted molar refractivity (Wildman–Crippen MR) is 109 cm³/mol. The number of pyridine rings is 1. The summed E-state index contributed by atoms with van der Waals surface area (Å²) in [5.74, 6) is -0.0333. The summed E-state index contributed by atoms with van der Waals surface area (Å²) in [6.45, 7) is 0.187. The van der Waals surface area contributed by atoms with E-state index in [-0.39, 0.29) is 12.3 Å². The maximum atomic E-state index is 12.4. The van der Waals surface area contributed by atoms with Crippen molar-refractivity contribution < 1.29 is 8.42 Å². The largest absolute Gasteiger partial charge is 0.265 e. The van der Waals surface area contributed by atoms with Crippen molar-refractivity contribution in [1.29, 1.82) is 0 Å². The van der Waals surface area contributed by atoms with Gasteiger partial charge >= 0.3 is 0 Å². The first-order valence-electron chi connectivity index (χ1n) is 9.61. The minimum absolute atomic E-state index is 0.0333. The van der Waals surface area contributed by atoms with Crippen LogP contribution in [-0.2, 0) is 22.3 Å². The molecule has 1 fully saturated rings. The van der Waals surface area contributed by atoms with Crippen LogP contribution in [0, 0.1) is 0 Å². The molecule has 1 aromatic carbocycles. The van der Waals surface area contributed by atoms with E-state index in [1.807, 2.05) is 48.5 Å². The van der Waals surface area contributed by atoms with Gasteiger partial charge in [-0.05, 0) is 36.6 Å². The summed E-state index contributed by atoms with van der Waals surface area (Å²) in [4.78, 5) is 4.09. The maximum absolute atomic E-state index is 12.4. The van der Waals surface area contributed by atoms with Crippen LogP contribution in [0.5, 0.6) is 0 Å². The number of nitrogens with one attached hydrogen (secondary N) is 1. The van der Waals surface area contributed by atoms with E-state index in [1.54, 1.807) is 12.4 Å². The van der Waals surface area contributed by atoms with E-state index >= 15 is 0 Å². The van der Waals surface area contributed by atoms with Crippen molar-refractivity contribution in [2.75, 3.05) is 0 Å². The number of benzene rings is 1. The number of hydrogen-bond acceptors (Lipinski definition) is 4. The van der Waals surface area contributed by atoms with Crippen LogP contribution in [0.25, 0.3) is 11.3 Å². The topological polar surface area (TPSA) is 76.9 Å². The first-order valence-corrected chi connectivity index (χ1v) is 11.3. The number of sulfonamides is 1. The Bertz CT molecular complexity index is 1010. The predicted octanol–water partition coefficient (Wildman–Crippen LogP) is 3.68. The Kier molecular flexibility index (Phi) is 5.54. The van der Waals surface area contributed by atoms with Crippen molar-refractivity contribution in [2.45, 2.75) is 44.0 Å². The molecular formula is C21H24N4O2S. The first-order chi connectivity index (χ1) is 13.6. The summed E-state index contributed by atoms with van der Waals surface area (Å²) in [6, 6.07) is 15.5. The van der Waals surface area contributed by atoms with Crippen LogP contribution in [0.3, 0.4) is 0 Å². The summed E-state index contributed by atoms with van der Waals surface area (Å²) in [5, 5.41) is 4.75. The Morgan fingerprint density at radius 2 is 1.75 bits per heavy atom. The Hall–Kier alpha value is -2.51. The first kappa shape index (κ1) is 18.8. The number of aromatic nitrogens is 3. The molecular weight excluding hydrogens is 372 g/mol. The molecule has 0 unspecified atom stereocenters. The van der Waals surface area contributed by atoms with Crippen LogP contribution < -0.4 is 4.72 Å². The fourth-order valence-corrected chi connectivity index (χ4v) is 4.83. The van der Waals surface area contributed by atoms with Crippen molar-refractivity contribution in [2.24, 2.45) is 0 Å². The molecule has 1 N–H and O–H groups in total. The highest BCUT2D eigenvalue weighted by Gasteiger charge is 2.22. The summed E-state index contributed by atoms with van der Waals surface area (Å²) >= 11 is 0. The minimum Gasteiger partial charge on any atom is -0.265 e. The third-order valence-corrected chi connectivity index (χ3v) is 6.40. The fourth-order valence-electron chi connectivity index (χ4n) is 3.73. The van der Waals surface area contributed by atoms with Crippen LogP contribution in [0.15, 0.2) is 60.9 Å². The zero-order chi connectivity index (χ0) is 19.4. The molecule has 0 aliphatic heterocycles. The van der Waals surface area contributed by atoms with Crippen molar-refractivity contribution in [1.82, 2.24) is 19.5 Å². The summed E-state index contributed by atoms with van der Waals surface area (Å²) in [6.07, 6.45) is 8.17. The highest BCUT2D eigenvalue weighted by molar-refractivity contribution is 7.88. The van der Waals surface area contributed by atoms with Gasteiger partial charge in [-0.1, -0.05) is 43.2 Å². The van der Waals surface area contributed by atoms with Gasteiger partial charge in [0.2, 0.25) is 10.0 Å². The van der Waals surface area contributed by atoms with Gasteiger partial charge in [0.15, 0.2) is 0 Å². The Balaban J connectivity index is 1.53. The molecule has 2 heterocycles. The SMILES string of the molecule is O=S(=O)(Cc1ccccc1)NCc1cc(-c2ccncc2)n(C2CCCC2)n1. The maximum Gasteiger partial charge on any atom is 0.216 e. The van der Waals surface area contributed by atoms with Crippen molar-refractivity contribution in [3.8, 4) is 11.3 Å². The smallest absolute Gasteiger partial charge is 0.216 e. The van der Waals surface area contributed by atoms with Gasteiger partial charge in [0.1, 0.15) is 0 Å². The van der Waals surface area contributed by atoms with Crippen LogP contribution >= 0.6 is 0 Å². The molecule has 2 aromatic heterocycles. The zero-order valence-electron chi connectivity index (χ0n) is 15.7. The standard InChI is InChI=1S/C21H24N4O2S/c26-28(27,16-17-6-2-1-3-7-17)23-15-19-14-21(18-10-12-22-13-11-18)25(24-19)20-8-4-5-9-20/h1-3,6-7,10-14,20,23H,4-5,8-9,15-16H2. The Morgan fingerprint density at radius 1 is 1.04 bits per heavy atom. The second kappa shape index (κ2) is 8.24. The second-order valence-corrected chi connectivity index (χ2v) is 9.01. The van der Waals surface area contributed by atoms with E-state index in [4.69, 9.17) is 5.10 Å². The average Bonchev–Trinajstić information content (AvgIpc) is 3.37. The lowest BCUT2D eigenvalue weighted by molar-refractivity contribution is 0.467. The van der Waals surface area contributed by atoms with Crippen LogP contribution in [0.1, 0.15) is 43.0 Å². The molecule has 7 heteroatoms. The number of nitrogens with zero attached hydrogens (tertiary/aromatic N) is 3. The van der Waals surface area contributed by atoms with Gasteiger partial charge in [0.05, 0.1) is 29.7 Å². The van der Waals surface area contributed by atoms with E-state index in [0.29, 0.717) is 6.04 Å². The normalized spacial score (nSPS) is 15.1. The van der Waals surface area contributed by atoms with E-state index < -0.39 is 10.0 Å². The summed E-state index contributed by atoms with van der Waals surface area (Å²) < 4.78 is 29.6. The van der Waals surface area contributed by atoms with Gasteiger partial charge in [-0.3, -0.25) is 9.67 Å². The van der Waals surface area contributed by atoms with E-state index in [1.165, 1.54) is 12.8 Å². The van der Waals surface area contributed by atoms with Crippen LogP contribution in [0.2, 0.25) is 0 Å². The average molecular weight is 397 g/mol. The molecule has 0 bridgehead atoms. The van der Waals surface area contributed by atoms with Crippen molar-refractivity contribution in [3.05, 3.63) is 72.2 Å². The molecule has 0 atom stereocenters. The Labute approximate surface area is 165 Å². The quantitative estimate of drug-likeness (QED) is 0.661. The number of hydrogen-bond donors (Lipinski definition) is 1. The molecule has 0 amide bonds. The van der Waals surface area contributed by atoms with Gasteiger partial charge in [0.25, 0.3) is 0 Å². The monoisotopic (exact) mass is 396 g/mol. The molecule has 1 saturated carbocycles. The number of rotatable bonds is 7. The molecule has 28 heavy (non-hydrogen) atoms. The molecule has 0 radical (unpaired) electrons. The summed E-state index contributed by atoms with van der Waals surface area (Å²) in [7, 11) is -3.43. The van der Waals surface area contributed by atoms with E-state index in [9.17, 15) is 8.42 Å². The lowest BCUT2D eigenvalue weighted by Crippen LogP contribution is -2.25. The highest BCUT2D eigenvalue weighted by Crippen LogP contribution is 2.33. The van der Waals surface area contributed by atoms with Gasteiger partial charge in [0, 0.05) is 18.0 Å². The molecule has 4 rings (SSSR count). The zero-order valence-corrected chi connectivity index (χ0v) is 16.5. The van der Waals surface area contributed by atoms with E-state index in [0.717, 1.165) is 35.4 Å². The molecule has 6 nitrogen and oxygen atoms in total. The molecule has 0 spiro atoms. The molecule has 3 aromatic rings. The minimum atomic E-state index is -3.43. The van der Waals surface area contributed by atoms with Crippen LogP contribution in [-0.4, -0.2) is 23.2 Å².